The second kappa shape index (κ2) is 6.23. The van der Waals surface area contributed by atoms with Gasteiger partial charge in [0.2, 0.25) is 5.91 Å². The molecular formula is C11H13NO10S2. The van der Waals surface area contributed by atoms with Crippen LogP contribution >= 0.6 is 0 Å². The van der Waals surface area contributed by atoms with Gasteiger partial charge in [-0.25, -0.2) is 8.98 Å². The average molecular weight is 383 g/mol. The molecule has 2 rings (SSSR count). The highest BCUT2D eigenvalue weighted by atomic mass is 32.3. The van der Waals surface area contributed by atoms with Crippen molar-refractivity contribution in [3.8, 4) is 0 Å². The molecule has 2 heterocycles. The predicted molar refractivity (Wildman–Crippen MR) is 76.1 cm³/mol. The lowest BCUT2D eigenvalue weighted by molar-refractivity contribution is -0.160. The summed E-state index contributed by atoms with van der Waals surface area (Å²) in [7, 11) is -6.95. The van der Waals surface area contributed by atoms with E-state index in [-0.39, 0.29) is 11.3 Å². The third-order valence-electron chi connectivity index (χ3n) is 3.68. The number of nitrogens with zero attached hydrogens (tertiary/aromatic N) is 1. The quantitative estimate of drug-likeness (QED) is 0.348. The maximum Gasteiger partial charge on any atom is 0.397 e. The Labute approximate surface area is 138 Å². The van der Waals surface area contributed by atoms with Gasteiger partial charge >= 0.3 is 22.3 Å². The smallest absolute Gasteiger partial charge is 0.397 e. The van der Waals surface area contributed by atoms with Crippen LogP contribution in [-0.2, 0) is 39.8 Å². The maximum atomic E-state index is 12.1. The molecule has 0 saturated carbocycles. The van der Waals surface area contributed by atoms with Crippen LogP contribution in [0.2, 0.25) is 0 Å². The van der Waals surface area contributed by atoms with Crippen LogP contribution in [0.4, 0.5) is 0 Å². The summed E-state index contributed by atoms with van der Waals surface area (Å²) >= 11 is 0. The van der Waals surface area contributed by atoms with Crippen LogP contribution in [0.15, 0.2) is 10.6 Å². The van der Waals surface area contributed by atoms with Crippen LogP contribution in [0.3, 0.4) is 0 Å². The van der Waals surface area contributed by atoms with Gasteiger partial charge in [-0.1, -0.05) is 0 Å². The Kier molecular flexibility index (Phi) is 4.81. The van der Waals surface area contributed by atoms with Crippen molar-refractivity contribution >= 4 is 39.0 Å². The Morgan fingerprint density at radius 3 is 2.46 bits per heavy atom. The highest BCUT2D eigenvalue weighted by Crippen LogP contribution is 2.45. The molecule has 0 radical (unpaired) electrons. The van der Waals surface area contributed by atoms with Gasteiger partial charge in [-0.15, -0.1) is 0 Å². The lowest BCUT2D eigenvalue weighted by atomic mass is 9.83. The summed E-state index contributed by atoms with van der Waals surface area (Å²) in [6.07, 6.45) is -1.45. The number of carbonyl (C=O) groups excluding carboxylic acids is 1. The Morgan fingerprint density at radius 1 is 1.42 bits per heavy atom. The number of carbonyl (C=O) groups is 3. The third kappa shape index (κ3) is 3.33. The molecule has 0 aliphatic carbocycles. The topological polar surface area (TPSA) is 176 Å². The molecule has 11 nitrogen and oxygen atoms in total. The molecule has 3 N–H and O–H groups in total. The number of hydrogen-bond acceptors (Lipinski definition) is 7. The normalized spacial score (nSPS) is 25.9. The van der Waals surface area contributed by atoms with Gasteiger partial charge in [0.05, 0.1) is 33.8 Å². The highest BCUT2D eigenvalue weighted by molar-refractivity contribution is 7.89. The fourth-order valence-electron chi connectivity index (χ4n) is 2.87. The number of hydrogen-bond donors (Lipinski definition) is 3. The summed E-state index contributed by atoms with van der Waals surface area (Å²) in [5.74, 6) is -5.59. The average Bonchev–Trinajstić information content (AvgIpc) is 2.71. The van der Waals surface area contributed by atoms with E-state index in [0.717, 1.165) is 4.90 Å². The predicted octanol–water partition coefficient (Wildman–Crippen LogP) is -1.45. The van der Waals surface area contributed by atoms with Gasteiger partial charge in [0.25, 0.3) is 0 Å². The Morgan fingerprint density at radius 2 is 2.00 bits per heavy atom. The van der Waals surface area contributed by atoms with Crippen molar-refractivity contribution in [3.05, 3.63) is 10.6 Å². The SMILES string of the molecule is C[C@H](OS(=O)(=O)O)C1C(=O)N2C(C(=O)O)=C(S(=O)CC(=O)O)C[C@H]12. The number of β-lactam (4-membered cyclic amide) rings is 1. The minimum absolute atomic E-state index is 0.183. The maximum absolute atomic E-state index is 12.1. The molecular weight excluding hydrogens is 370 g/mol. The third-order valence-corrected chi connectivity index (χ3v) is 5.64. The zero-order valence-corrected chi connectivity index (χ0v) is 13.7. The summed E-state index contributed by atoms with van der Waals surface area (Å²) in [5, 5.41) is 17.9. The van der Waals surface area contributed by atoms with Crippen LogP contribution < -0.4 is 0 Å². The first kappa shape index (κ1) is 18.5. The molecule has 1 saturated heterocycles. The van der Waals surface area contributed by atoms with Crippen molar-refractivity contribution in [3.63, 3.8) is 0 Å². The first-order chi connectivity index (χ1) is 10.9. The van der Waals surface area contributed by atoms with E-state index in [9.17, 15) is 32.1 Å². The van der Waals surface area contributed by atoms with Gasteiger partial charge in [-0.2, -0.15) is 8.42 Å². The summed E-state index contributed by atoms with van der Waals surface area (Å²) in [6, 6.07) is -0.826. The first-order valence-corrected chi connectivity index (χ1v) is 9.17. The second-order valence-corrected chi connectivity index (χ2v) is 7.72. The molecule has 0 bridgehead atoms. The molecule has 2 unspecified atom stereocenters. The van der Waals surface area contributed by atoms with Crippen molar-refractivity contribution in [2.45, 2.75) is 25.5 Å². The molecule has 2 aliphatic heterocycles. The molecule has 1 amide bonds. The molecule has 0 aromatic rings. The summed E-state index contributed by atoms with van der Waals surface area (Å²) in [5.41, 5.74) is -0.556. The molecule has 0 spiro atoms. The zero-order valence-electron chi connectivity index (χ0n) is 12.1. The van der Waals surface area contributed by atoms with Crippen LogP contribution in [-0.4, -0.2) is 68.0 Å². The Balaban J connectivity index is 2.27. The van der Waals surface area contributed by atoms with E-state index >= 15 is 0 Å². The summed E-state index contributed by atoms with van der Waals surface area (Å²) < 4.78 is 46.5. The Bertz CT molecular complexity index is 770. The molecule has 134 valence electrons. The molecule has 2 aliphatic rings. The number of aliphatic carboxylic acids is 2. The number of amides is 1. The van der Waals surface area contributed by atoms with E-state index in [1.807, 2.05) is 0 Å². The number of carboxylic acid groups (broad SMARTS) is 2. The fourth-order valence-corrected chi connectivity index (χ4v) is 4.53. The van der Waals surface area contributed by atoms with Gasteiger partial charge in [-0.3, -0.25) is 18.4 Å². The molecule has 4 atom stereocenters. The number of rotatable bonds is 7. The van der Waals surface area contributed by atoms with Gasteiger partial charge in [0, 0.05) is 6.42 Å². The van der Waals surface area contributed by atoms with Crippen molar-refractivity contribution < 1.29 is 46.0 Å². The molecule has 1 fully saturated rings. The zero-order chi connectivity index (χ0) is 18.4. The van der Waals surface area contributed by atoms with Crippen LogP contribution in [0, 0.1) is 5.92 Å². The van der Waals surface area contributed by atoms with Gasteiger partial charge in [-0.05, 0) is 6.92 Å². The van der Waals surface area contributed by atoms with E-state index in [1.165, 1.54) is 6.92 Å². The van der Waals surface area contributed by atoms with Crippen molar-refractivity contribution in [2.75, 3.05) is 5.75 Å². The molecule has 13 heteroatoms. The van der Waals surface area contributed by atoms with E-state index in [4.69, 9.17) is 9.66 Å². The van der Waals surface area contributed by atoms with Gasteiger partial charge in [0.15, 0.2) is 0 Å². The summed E-state index contributed by atoms with van der Waals surface area (Å²) in [6.45, 7) is 1.21. The van der Waals surface area contributed by atoms with E-state index in [2.05, 4.69) is 4.18 Å². The molecule has 0 aromatic heterocycles. The second-order valence-electron chi connectivity index (χ2n) is 5.20. The first-order valence-electron chi connectivity index (χ1n) is 6.49. The lowest BCUT2D eigenvalue weighted by Crippen LogP contribution is -2.62. The van der Waals surface area contributed by atoms with E-state index < -0.39 is 68.6 Å². The summed E-state index contributed by atoms with van der Waals surface area (Å²) in [4.78, 5) is 34.8. The molecule has 24 heavy (non-hydrogen) atoms. The van der Waals surface area contributed by atoms with Crippen LogP contribution in [0.25, 0.3) is 0 Å². The van der Waals surface area contributed by atoms with Crippen molar-refractivity contribution in [2.24, 2.45) is 5.92 Å². The van der Waals surface area contributed by atoms with E-state index in [0.29, 0.717) is 0 Å². The monoisotopic (exact) mass is 383 g/mol. The van der Waals surface area contributed by atoms with Crippen LogP contribution in [0.1, 0.15) is 13.3 Å². The van der Waals surface area contributed by atoms with Gasteiger partial charge in [0.1, 0.15) is 11.4 Å². The Hall–Kier alpha value is -1.83. The highest BCUT2D eigenvalue weighted by Gasteiger charge is 2.58. The van der Waals surface area contributed by atoms with Crippen molar-refractivity contribution in [1.82, 2.24) is 4.90 Å². The number of carboxylic acids is 2. The van der Waals surface area contributed by atoms with E-state index in [1.54, 1.807) is 0 Å². The van der Waals surface area contributed by atoms with Crippen LogP contribution in [0.5, 0.6) is 0 Å². The number of fused-ring (bicyclic) bond motifs is 1. The lowest BCUT2D eigenvalue weighted by Gasteiger charge is -2.45. The largest absolute Gasteiger partial charge is 0.481 e. The minimum atomic E-state index is -4.81. The van der Waals surface area contributed by atoms with Gasteiger partial charge < -0.3 is 15.1 Å². The van der Waals surface area contributed by atoms with Crippen molar-refractivity contribution in [1.29, 1.82) is 0 Å². The molecule has 0 aromatic carbocycles. The minimum Gasteiger partial charge on any atom is -0.481 e. The fraction of sp³-hybridized carbons (Fsp3) is 0.545. The standard InChI is InChI=1S/C11H13NO10S2/c1-4(22-24(19,20)21)8-5-2-6(23(18)3-7(13)14)9(11(16)17)12(5)10(8)15/h4-5,8H,2-3H2,1H3,(H,13,14)(H,16,17)(H,19,20,21)/t4-,5+,8?,23?/m0/s1.